The van der Waals surface area contributed by atoms with Gasteiger partial charge in [-0.25, -0.2) is 8.78 Å². The van der Waals surface area contributed by atoms with Gasteiger partial charge in [0.25, 0.3) is 5.91 Å². The molecule has 7 heteroatoms. The van der Waals surface area contributed by atoms with Crippen LogP contribution in [0.2, 0.25) is 0 Å². The Labute approximate surface area is 157 Å². The number of rotatable bonds is 4. The zero-order valence-corrected chi connectivity index (χ0v) is 15.4. The number of benzene rings is 1. The standard InChI is InChI=1S/C19H16F2N2OS2/c20-13-3-1-4-14(21)18(13)22-17(24)11-23-8-6-15-12(7-10-26-15)19(23)16-5-2-9-25-16/h1-5,7,9-10,19H,6,8,11H2,(H,22,24)/p+1/t19-/m1/s1. The van der Waals surface area contributed by atoms with Crippen LogP contribution in [0.3, 0.4) is 0 Å². The van der Waals surface area contributed by atoms with Gasteiger partial charge in [0.05, 0.1) is 11.4 Å². The number of hydrogen-bond donors (Lipinski definition) is 2. The van der Waals surface area contributed by atoms with Gasteiger partial charge >= 0.3 is 0 Å². The van der Waals surface area contributed by atoms with Crippen molar-refractivity contribution in [2.45, 2.75) is 12.5 Å². The van der Waals surface area contributed by atoms with E-state index in [-0.39, 0.29) is 24.2 Å². The number of quaternary nitrogens is 1. The molecular weight excluding hydrogens is 374 g/mol. The van der Waals surface area contributed by atoms with Gasteiger partial charge in [0, 0.05) is 16.9 Å². The van der Waals surface area contributed by atoms with Crippen LogP contribution in [0, 0.1) is 11.6 Å². The van der Waals surface area contributed by atoms with Crippen molar-refractivity contribution < 1.29 is 18.5 Å². The molecule has 0 fully saturated rings. The molecule has 26 heavy (non-hydrogen) atoms. The largest absolute Gasteiger partial charge is 0.316 e. The van der Waals surface area contributed by atoms with Gasteiger partial charge in [-0.05, 0) is 35.0 Å². The van der Waals surface area contributed by atoms with Gasteiger partial charge in [-0.15, -0.1) is 22.7 Å². The molecular formula is C19H17F2N2OS2+. The maximum atomic E-state index is 13.8. The molecule has 1 aliphatic rings. The van der Waals surface area contributed by atoms with Gasteiger partial charge in [0.15, 0.2) is 6.54 Å². The van der Waals surface area contributed by atoms with Crippen molar-refractivity contribution in [3.63, 3.8) is 0 Å². The van der Waals surface area contributed by atoms with Crippen LogP contribution in [0.1, 0.15) is 21.4 Å². The van der Waals surface area contributed by atoms with Gasteiger partial charge < -0.3 is 10.2 Å². The Bertz CT molecular complexity index is 903. The summed E-state index contributed by atoms with van der Waals surface area (Å²) in [5.74, 6) is -1.91. The number of nitrogens with one attached hydrogen (secondary N) is 2. The first-order chi connectivity index (χ1) is 12.6. The monoisotopic (exact) mass is 391 g/mol. The topological polar surface area (TPSA) is 33.5 Å². The van der Waals surface area contributed by atoms with Crippen LogP contribution in [0.25, 0.3) is 0 Å². The Morgan fingerprint density at radius 1 is 1.12 bits per heavy atom. The van der Waals surface area contributed by atoms with Crippen LogP contribution >= 0.6 is 22.7 Å². The molecule has 4 rings (SSSR count). The number of amides is 1. The highest BCUT2D eigenvalue weighted by molar-refractivity contribution is 7.10. The molecule has 134 valence electrons. The molecule has 2 N–H and O–H groups in total. The van der Waals surface area contributed by atoms with Crippen molar-refractivity contribution >= 4 is 34.3 Å². The quantitative estimate of drug-likeness (QED) is 0.703. The summed E-state index contributed by atoms with van der Waals surface area (Å²) in [6, 6.07) is 9.85. The van der Waals surface area contributed by atoms with Gasteiger partial charge in [0.1, 0.15) is 23.4 Å². The minimum atomic E-state index is -0.762. The molecule has 1 amide bonds. The third-order valence-corrected chi connectivity index (χ3v) is 6.55. The van der Waals surface area contributed by atoms with E-state index >= 15 is 0 Å². The summed E-state index contributed by atoms with van der Waals surface area (Å²) in [4.78, 5) is 16.1. The maximum absolute atomic E-state index is 13.8. The molecule has 1 aliphatic heterocycles. The summed E-state index contributed by atoms with van der Waals surface area (Å²) in [6.45, 7) is 0.967. The Kier molecular flexibility index (Phi) is 4.84. The van der Waals surface area contributed by atoms with Gasteiger partial charge in [0.2, 0.25) is 0 Å². The SMILES string of the molecule is O=C(C[NH+]1CCc2sccc2[C@@H]1c1cccs1)Nc1c(F)cccc1F. The third-order valence-electron chi connectivity index (χ3n) is 4.61. The number of halogens is 2. The normalized spacial score (nSPS) is 19.2. The lowest BCUT2D eigenvalue weighted by atomic mass is 9.98. The molecule has 2 atom stereocenters. The molecule has 0 saturated carbocycles. The van der Waals surface area contributed by atoms with E-state index in [1.165, 1.54) is 21.4 Å². The zero-order chi connectivity index (χ0) is 18.1. The highest BCUT2D eigenvalue weighted by Gasteiger charge is 2.35. The summed E-state index contributed by atoms with van der Waals surface area (Å²) >= 11 is 3.41. The van der Waals surface area contributed by atoms with Crippen LogP contribution in [-0.2, 0) is 11.2 Å². The fourth-order valence-corrected chi connectivity index (χ4v) is 5.28. The number of carbonyl (C=O) groups excluding carboxylic acids is 1. The van der Waals surface area contributed by atoms with Crippen LogP contribution < -0.4 is 10.2 Å². The predicted octanol–water partition coefficient (Wildman–Crippen LogP) is 3.26. The summed E-state index contributed by atoms with van der Waals surface area (Å²) in [5, 5.41) is 6.52. The number of anilines is 1. The minimum Gasteiger partial charge on any atom is -0.316 e. The first-order valence-corrected chi connectivity index (χ1v) is 10.1. The Morgan fingerprint density at radius 3 is 2.65 bits per heavy atom. The lowest BCUT2D eigenvalue weighted by Crippen LogP contribution is -3.14. The maximum Gasteiger partial charge on any atom is 0.279 e. The van der Waals surface area contributed by atoms with E-state index < -0.39 is 11.6 Å². The Balaban J connectivity index is 1.56. The average molecular weight is 391 g/mol. The van der Waals surface area contributed by atoms with Crippen molar-refractivity contribution in [3.05, 3.63) is 74.1 Å². The third kappa shape index (κ3) is 3.30. The molecule has 2 aromatic heterocycles. The summed E-state index contributed by atoms with van der Waals surface area (Å²) in [6.07, 6.45) is 0.908. The van der Waals surface area contributed by atoms with E-state index in [9.17, 15) is 13.6 Å². The molecule has 0 bridgehead atoms. The van der Waals surface area contributed by atoms with Gasteiger partial charge in [-0.1, -0.05) is 12.1 Å². The predicted molar refractivity (Wildman–Crippen MR) is 99.9 cm³/mol. The van der Waals surface area contributed by atoms with E-state index in [4.69, 9.17) is 0 Å². The second-order valence-electron chi connectivity index (χ2n) is 6.23. The summed E-state index contributed by atoms with van der Waals surface area (Å²) < 4.78 is 27.6. The van der Waals surface area contributed by atoms with Gasteiger partial charge in [-0.2, -0.15) is 0 Å². The lowest BCUT2D eigenvalue weighted by Gasteiger charge is -2.31. The van der Waals surface area contributed by atoms with Crippen molar-refractivity contribution in [2.75, 3.05) is 18.4 Å². The molecule has 0 saturated heterocycles. The van der Waals surface area contributed by atoms with Crippen molar-refractivity contribution in [3.8, 4) is 0 Å². The van der Waals surface area contributed by atoms with Crippen molar-refractivity contribution in [2.24, 2.45) is 0 Å². The molecule has 3 aromatic rings. The first-order valence-electron chi connectivity index (χ1n) is 8.31. The molecule has 3 heterocycles. The second-order valence-corrected chi connectivity index (χ2v) is 8.21. The smallest absolute Gasteiger partial charge is 0.279 e. The highest BCUT2D eigenvalue weighted by Crippen LogP contribution is 2.31. The second kappa shape index (κ2) is 7.26. The number of fused-ring (bicyclic) bond motifs is 1. The summed E-state index contributed by atoms with van der Waals surface area (Å²) in [5.41, 5.74) is 0.876. The van der Waals surface area contributed by atoms with Crippen molar-refractivity contribution in [1.29, 1.82) is 0 Å². The Hall–Kier alpha value is -2.09. The molecule has 1 unspecified atom stereocenters. The van der Waals surface area contributed by atoms with Crippen LogP contribution in [0.5, 0.6) is 0 Å². The minimum absolute atomic E-state index is 0.0845. The lowest BCUT2D eigenvalue weighted by molar-refractivity contribution is -0.919. The van der Waals surface area contributed by atoms with Crippen LogP contribution in [0.15, 0.2) is 47.2 Å². The van der Waals surface area contributed by atoms with Crippen LogP contribution in [0.4, 0.5) is 14.5 Å². The average Bonchev–Trinajstić information content (AvgIpc) is 3.29. The highest BCUT2D eigenvalue weighted by atomic mass is 32.1. The fourth-order valence-electron chi connectivity index (χ4n) is 3.46. The van der Waals surface area contributed by atoms with E-state index in [0.717, 1.165) is 30.0 Å². The molecule has 0 aliphatic carbocycles. The summed E-state index contributed by atoms with van der Waals surface area (Å²) in [7, 11) is 0. The number of thiophene rings is 2. The van der Waals surface area contributed by atoms with E-state index in [1.807, 2.05) is 11.4 Å². The first kappa shape index (κ1) is 17.3. The van der Waals surface area contributed by atoms with Crippen LogP contribution in [-0.4, -0.2) is 19.0 Å². The van der Waals surface area contributed by atoms with E-state index in [1.54, 1.807) is 22.7 Å². The Morgan fingerprint density at radius 2 is 1.92 bits per heavy atom. The number of carbonyl (C=O) groups is 1. The molecule has 3 nitrogen and oxygen atoms in total. The molecule has 0 radical (unpaired) electrons. The van der Waals surface area contributed by atoms with E-state index in [2.05, 4.69) is 22.8 Å². The van der Waals surface area contributed by atoms with E-state index in [0.29, 0.717) is 0 Å². The number of para-hydroxylation sites is 1. The number of hydrogen-bond acceptors (Lipinski definition) is 3. The molecule has 1 aromatic carbocycles. The fraction of sp³-hybridized carbons (Fsp3) is 0.211. The zero-order valence-electron chi connectivity index (χ0n) is 13.8. The van der Waals surface area contributed by atoms with Gasteiger partial charge in [-0.3, -0.25) is 4.79 Å². The molecule has 0 spiro atoms. The van der Waals surface area contributed by atoms with Crippen molar-refractivity contribution in [1.82, 2.24) is 0 Å².